The predicted octanol–water partition coefficient (Wildman–Crippen LogP) is 2.86. The van der Waals surface area contributed by atoms with Crippen LogP contribution < -0.4 is 0 Å². The molecular weight excluding hydrogens is 348 g/mol. The SMILES string of the molecule is CCC(C)(C)c1ccc(S(=O)(=O)N2CCN(C3CCOCC3)CC2)cc1. The highest BCUT2D eigenvalue weighted by Gasteiger charge is 2.31. The summed E-state index contributed by atoms with van der Waals surface area (Å²) < 4.78 is 33.1. The van der Waals surface area contributed by atoms with E-state index in [0.717, 1.165) is 45.6 Å². The number of rotatable bonds is 5. The number of nitrogens with zero attached hydrogens (tertiary/aromatic N) is 2. The summed E-state index contributed by atoms with van der Waals surface area (Å²) in [6.07, 6.45) is 3.14. The Balaban J connectivity index is 1.65. The Morgan fingerprint density at radius 3 is 2.15 bits per heavy atom. The molecule has 0 aromatic heterocycles. The number of benzene rings is 1. The molecule has 0 spiro atoms. The molecule has 2 aliphatic heterocycles. The van der Waals surface area contributed by atoms with Crippen molar-refractivity contribution in [3.05, 3.63) is 29.8 Å². The van der Waals surface area contributed by atoms with E-state index in [1.807, 2.05) is 12.1 Å². The van der Waals surface area contributed by atoms with Gasteiger partial charge in [0.1, 0.15) is 0 Å². The van der Waals surface area contributed by atoms with Crippen molar-refractivity contribution in [2.24, 2.45) is 0 Å². The fourth-order valence-corrected chi connectivity index (χ4v) is 5.21. The lowest BCUT2D eigenvalue weighted by molar-refractivity contribution is 0.0229. The van der Waals surface area contributed by atoms with E-state index < -0.39 is 10.0 Å². The van der Waals surface area contributed by atoms with Crippen molar-refractivity contribution in [1.82, 2.24) is 9.21 Å². The summed E-state index contributed by atoms with van der Waals surface area (Å²) >= 11 is 0. The van der Waals surface area contributed by atoms with E-state index in [0.29, 0.717) is 24.0 Å². The molecule has 146 valence electrons. The number of ether oxygens (including phenoxy) is 1. The second-order valence-corrected chi connectivity index (χ2v) is 9.98. The number of hydrogen-bond donors (Lipinski definition) is 0. The van der Waals surface area contributed by atoms with Crippen molar-refractivity contribution >= 4 is 10.0 Å². The smallest absolute Gasteiger partial charge is 0.243 e. The fraction of sp³-hybridized carbons (Fsp3) is 0.700. The van der Waals surface area contributed by atoms with Gasteiger partial charge in [0.25, 0.3) is 0 Å². The summed E-state index contributed by atoms with van der Waals surface area (Å²) in [4.78, 5) is 2.84. The van der Waals surface area contributed by atoms with E-state index in [1.165, 1.54) is 5.56 Å². The van der Waals surface area contributed by atoms with Gasteiger partial charge in [-0.15, -0.1) is 0 Å². The highest BCUT2D eigenvalue weighted by Crippen LogP contribution is 2.28. The van der Waals surface area contributed by atoms with Gasteiger partial charge in [0.15, 0.2) is 0 Å². The number of sulfonamides is 1. The first-order chi connectivity index (χ1) is 12.3. The highest BCUT2D eigenvalue weighted by molar-refractivity contribution is 7.89. The molecule has 0 aliphatic carbocycles. The first kappa shape index (κ1) is 19.8. The van der Waals surface area contributed by atoms with Gasteiger partial charge in [-0.2, -0.15) is 4.31 Å². The normalized spacial score (nSPS) is 21.8. The first-order valence-electron chi connectivity index (χ1n) is 9.77. The van der Waals surface area contributed by atoms with Crippen LogP contribution in [0.25, 0.3) is 0 Å². The maximum atomic E-state index is 13.0. The summed E-state index contributed by atoms with van der Waals surface area (Å²) in [5.74, 6) is 0. The molecule has 0 bridgehead atoms. The molecule has 6 heteroatoms. The van der Waals surface area contributed by atoms with Crippen LogP contribution in [-0.2, 0) is 20.2 Å². The maximum Gasteiger partial charge on any atom is 0.243 e. The van der Waals surface area contributed by atoms with Crippen LogP contribution in [0.15, 0.2) is 29.2 Å². The zero-order chi connectivity index (χ0) is 18.8. The molecule has 1 aromatic carbocycles. The van der Waals surface area contributed by atoms with E-state index in [9.17, 15) is 8.42 Å². The summed E-state index contributed by atoms with van der Waals surface area (Å²) in [5.41, 5.74) is 1.25. The van der Waals surface area contributed by atoms with Crippen molar-refractivity contribution in [3.63, 3.8) is 0 Å². The lowest BCUT2D eigenvalue weighted by Gasteiger charge is -2.40. The lowest BCUT2D eigenvalue weighted by atomic mass is 9.82. The van der Waals surface area contributed by atoms with E-state index in [1.54, 1.807) is 16.4 Å². The average Bonchev–Trinajstić information content (AvgIpc) is 2.69. The maximum absolute atomic E-state index is 13.0. The molecule has 3 rings (SSSR count). The molecule has 0 N–H and O–H groups in total. The van der Waals surface area contributed by atoms with E-state index in [2.05, 4.69) is 25.7 Å². The lowest BCUT2D eigenvalue weighted by Crippen LogP contribution is -2.52. The van der Waals surface area contributed by atoms with Crippen LogP contribution >= 0.6 is 0 Å². The van der Waals surface area contributed by atoms with Crippen LogP contribution in [0.1, 0.15) is 45.6 Å². The molecule has 2 saturated heterocycles. The minimum atomic E-state index is -3.40. The third kappa shape index (κ3) is 4.14. The minimum Gasteiger partial charge on any atom is -0.381 e. The first-order valence-corrected chi connectivity index (χ1v) is 11.2. The number of hydrogen-bond acceptors (Lipinski definition) is 4. The van der Waals surface area contributed by atoms with Crippen LogP contribution in [0.3, 0.4) is 0 Å². The molecule has 5 nitrogen and oxygen atoms in total. The fourth-order valence-electron chi connectivity index (χ4n) is 3.79. The monoisotopic (exact) mass is 380 g/mol. The second-order valence-electron chi connectivity index (χ2n) is 8.05. The third-order valence-corrected chi connectivity index (χ3v) is 8.05. The number of piperazine rings is 1. The molecule has 1 aromatic rings. The largest absolute Gasteiger partial charge is 0.381 e. The Kier molecular flexibility index (Phi) is 6.07. The second kappa shape index (κ2) is 7.97. The Morgan fingerprint density at radius 2 is 1.62 bits per heavy atom. The van der Waals surface area contributed by atoms with Gasteiger partial charge in [-0.25, -0.2) is 8.42 Å². The van der Waals surface area contributed by atoms with Gasteiger partial charge < -0.3 is 4.74 Å². The van der Waals surface area contributed by atoms with Crippen molar-refractivity contribution in [2.45, 2.75) is 56.4 Å². The van der Waals surface area contributed by atoms with Gasteiger partial charge in [0, 0.05) is 45.4 Å². The Labute approximate surface area is 158 Å². The van der Waals surface area contributed by atoms with Crippen LogP contribution in [-0.4, -0.2) is 63.1 Å². The van der Waals surface area contributed by atoms with Gasteiger partial charge in [-0.3, -0.25) is 4.90 Å². The topological polar surface area (TPSA) is 49.9 Å². The molecule has 2 aliphatic rings. The summed E-state index contributed by atoms with van der Waals surface area (Å²) in [6, 6.07) is 8.02. The van der Waals surface area contributed by atoms with E-state index >= 15 is 0 Å². The molecule has 0 amide bonds. The van der Waals surface area contributed by atoms with E-state index in [-0.39, 0.29) is 5.41 Å². The van der Waals surface area contributed by atoms with Crippen LogP contribution in [0.4, 0.5) is 0 Å². The summed E-state index contributed by atoms with van der Waals surface area (Å²) in [7, 11) is -3.40. The summed E-state index contributed by atoms with van der Waals surface area (Å²) in [6.45, 7) is 10.9. The molecule has 26 heavy (non-hydrogen) atoms. The van der Waals surface area contributed by atoms with Crippen molar-refractivity contribution in [1.29, 1.82) is 0 Å². The Morgan fingerprint density at radius 1 is 1.04 bits per heavy atom. The minimum absolute atomic E-state index is 0.0671. The average molecular weight is 381 g/mol. The van der Waals surface area contributed by atoms with Crippen LogP contribution in [0, 0.1) is 0 Å². The molecule has 0 unspecified atom stereocenters. The standard InChI is InChI=1S/C20H32N2O3S/c1-4-20(2,3)17-5-7-19(8-6-17)26(23,24)22-13-11-21(12-14-22)18-9-15-25-16-10-18/h5-8,18H,4,9-16H2,1-3H3. The molecule has 0 radical (unpaired) electrons. The Hall–Kier alpha value is -0.950. The molecule has 0 atom stereocenters. The predicted molar refractivity (Wildman–Crippen MR) is 104 cm³/mol. The van der Waals surface area contributed by atoms with Crippen molar-refractivity contribution in [2.75, 3.05) is 39.4 Å². The van der Waals surface area contributed by atoms with E-state index in [4.69, 9.17) is 4.74 Å². The quantitative estimate of drug-likeness (QED) is 0.788. The van der Waals surface area contributed by atoms with Gasteiger partial charge in [0.2, 0.25) is 10.0 Å². The van der Waals surface area contributed by atoms with Crippen molar-refractivity contribution < 1.29 is 13.2 Å². The van der Waals surface area contributed by atoms with Gasteiger partial charge >= 0.3 is 0 Å². The summed E-state index contributed by atoms with van der Waals surface area (Å²) in [5, 5.41) is 0. The zero-order valence-corrected chi connectivity index (χ0v) is 17.1. The molecule has 2 fully saturated rings. The molecule has 0 saturated carbocycles. The van der Waals surface area contributed by atoms with Gasteiger partial charge in [0.05, 0.1) is 4.90 Å². The molecular formula is C20H32N2O3S. The van der Waals surface area contributed by atoms with Crippen LogP contribution in [0.2, 0.25) is 0 Å². The highest BCUT2D eigenvalue weighted by atomic mass is 32.2. The van der Waals surface area contributed by atoms with Crippen molar-refractivity contribution in [3.8, 4) is 0 Å². The van der Waals surface area contributed by atoms with Crippen LogP contribution in [0.5, 0.6) is 0 Å². The Bertz CT molecular complexity index is 686. The molecule has 2 heterocycles. The van der Waals surface area contributed by atoms with Gasteiger partial charge in [-0.1, -0.05) is 32.9 Å². The van der Waals surface area contributed by atoms with Gasteiger partial charge in [-0.05, 0) is 42.4 Å². The third-order valence-electron chi connectivity index (χ3n) is 6.14. The zero-order valence-electron chi connectivity index (χ0n) is 16.3.